The van der Waals surface area contributed by atoms with Gasteiger partial charge in [-0.15, -0.1) is 0 Å². The Morgan fingerprint density at radius 3 is 2.36 bits per heavy atom. The Labute approximate surface area is 169 Å². The minimum Gasteiger partial charge on any atom is -0.493 e. The Bertz CT molecular complexity index is 954. The normalized spacial score (nSPS) is 10.5. The zero-order chi connectivity index (χ0) is 19.9. The summed E-state index contributed by atoms with van der Waals surface area (Å²) in [4.78, 5) is 11.8. The van der Waals surface area contributed by atoms with Crippen LogP contribution in [0.15, 0.2) is 66.7 Å². The van der Waals surface area contributed by atoms with Crippen LogP contribution in [-0.4, -0.2) is 18.2 Å². The number of carboxylic acid groups (broad SMARTS) is 1. The van der Waals surface area contributed by atoms with E-state index >= 15 is 0 Å². The summed E-state index contributed by atoms with van der Waals surface area (Å²) in [5.74, 6) is -0.411. The lowest BCUT2D eigenvalue weighted by molar-refractivity contribution is 0.0690. The average molecular weight is 397 g/mol. The minimum atomic E-state index is -1.05. The molecule has 0 atom stereocenters. The largest absolute Gasteiger partial charge is 0.493 e. The van der Waals surface area contributed by atoms with Gasteiger partial charge in [-0.05, 0) is 47.7 Å². The van der Waals surface area contributed by atoms with E-state index in [9.17, 15) is 9.90 Å². The number of benzene rings is 3. The summed E-state index contributed by atoms with van der Waals surface area (Å²) < 4.78 is 11.2. The van der Waals surface area contributed by atoms with Crippen LogP contribution in [0.2, 0.25) is 5.02 Å². The number of hydrogen-bond acceptors (Lipinski definition) is 3. The molecular formula is C23H21ClO4. The zero-order valence-corrected chi connectivity index (χ0v) is 16.3. The molecule has 0 aliphatic heterocycles. The number of carboxylic acids is 1. The smallest absolute Gasteiger partial charge is 0.339 e. The van der Waals surface area contributed by atoms with Gasteiger partial charge in [-0.25, -0.2) is 4.79 Å². The van der Waals surface area contributed by atoms with Crippen molar-refractivity contribution in [1.29, 1.82) is 0 Å². The highest BCUT2D eigenvalue weighted by Crippen LogP contribution is 2.34. The molecule has 0 amide bonds. The fourth-order valence-corrected chi connectivity index (χ4v) is 3.20. The number of aromatic carboxylic acids is 1. The van der Waals surface area contributed by atoms with Crippen LogP contribution in [0, 0.1) is 0 Å². The van der Waals surface area contributed by atoms with Gasteiger partial charge in [-0.1, -0.05) is 60.1 Å². The first kappa shape index (κ1) is 19.8. The number of carbonyl (C=O) groups is 1. The molecule has 0 fully saturated rings. The molecule has 0 radical (unpaired) electrons. The molecule has 5 heteroatoms. The van der Waals surface area contributed by atoms with Gasteiger partial charge in [-0.3, -0.25) is 0 Å². The van der Waals surface area contributed by atoms with Crippen molar-refractivity contribution in [3.05, 3.63) is 94.0 Å². The quantitative estimate of drug-likeness (QED) is 0.553. The molecule has 28 heavy (non-hydrogen) atoms. The van der Waals surface area contributed by atoms with Gasteiger partial charge in [0.15, 0.2) is 11.5 Å². The van der Waals surface area contributed by atoms with Crippen LogP contribution in [0.4, 0.5) is 0 Å². The van der Waals surface area contributed by atoms with E-state index in [1.54, 1.807) is 6.07 Å². The minimum absolute atomic E-state index is 0.0874. The topological polar surface area (TPSA) is 55.8 Å². The molecule has 0 aromatic heterocycles. The van der Waals surface area contributed by atoms with E-state index in [0.29, 0.717) is 23.6 Å². The lowest BCUT2D eigenvalue weighted by Gasteiger charge is -2.15. The lowest BCUT2D eigenvalue weighted by Crippen LogP contribution is -2.07. The molecule has 3 aromatic rings. The summed E-state index contributed by atoms with van der Waals surface area (Å²) in [6.07, 6.45) is 1.34. The van der Waals surface area contributed by atoms with E-state index in [-0.39, 0.29) is 17.9 Å². The van der Waals surface area contributed by atoms with Crippen molar-refractivity contribution in [2.75, 3.05) is 7.11 Å². The molecule has 0 bridgehead atoms. The number of hydrogen-bond donors (Lipinski definition) is 1. The first-order chi connectivity index (χ1) is 13.6. The van der Waals surface area contributed by atoms with E-state index in [4.69, 9.17) is 21.1 Å². The summed E-state index contributed by atoms with van der Waals surface area (Å²) in [6, 6.07) is 20.7. The highest BCUT2D eigenvalue weighted by Gasteiger charge is 2.19. The third-order valence-corrected chi connectivity index (χ3v) is 4.80. The van der Waals surface area contributed by atoms with Gasteiger partial charge in [0, 0.05) is 5.02 Å². The second kappa shape index (κ2) is 9.29. The molecule has 0 saturated carbocycles. The maximum absolute atomic E-state index is 11.8. The molecule has 1 N–H and O–H groups in total. The fourth-order valence-electron chi connectivity index (χ4n) is 2.97. The molecule has 0 spiro atoms. The fraction of sp³-hybridized carbons (Fsp3) is 0.174. The number of rotatable bonds is 8. The Morgan fingerprint density at radius 2 is 1.68 bits per heavy atom. The van der Waals surface area contributed by atoms with E-state index in [1.165, 1.54) is 7.11 Å². The van der Waals surface area contributed by atoms with E-state index in [1.807, 2.05) is 60.7 Å². The zero-order valence-electron chi connectivity index (χ0n) is 15.5. The van der Waals surface area contributed by atoms with Crippen LogP contribution < -0.4 is 9.47 Å². The first-order valence-corrected chi connectivity index (χ1v) is 9.30. The highest BCUT2D eigenvalue weighted by atomic mass is 35.5. The van der Waals surface area contributed by atoms with Crippen molar-refractivity contribution in [3.8, 4) is 11.5 Å². The van der Waals surface area contributed by atoms with Gasteiger partial charge in [0.25, 0.3) is 0 Å². The Balaban J connectivity index is 1.84. The summed E-state index contributed by atoms with van der Waals surface area (Å²) in [5, 5.41) is 10.4. The molecule has 144 valence electrons. The third kappa shape index (κ3) is 4.84. The van der Waals surface area contributed by atoms with Crippen molar-refractivity contribution in [1.82, 2.24) is 0 Å². The van der Waals surface area contributed by atoms with Gasteiger partial charge >= 0.3 is 5.97 Å². The van der Waals surface area contributed by atoms with E-state index in [0.717, 1.165) is 16.7 Å². The molecular weight excluding hydrogens is 376 g/mol. The van der Waals surface area contributed by atoms with Crippen molar-refractivity contribution in [2.24, 2.45) is 0 Å². The van der Waals surface area contributed by atoms with Crippen LogP contribution in [0.1, 0.15) is 27.0 Å². The second-order valence-corrected chi connectivity index (χ2v) is 6.75. The molecule has 0 saturated heterocycles. The number of aryl methyl sites for hydroxylation is 2. The van der Waals surface area contributed by atoms with Crippen LogP contribution in [0.25, 0.3) is 0 Å². The first-order valence-electron chi connectivity index (χ1n) is 8.93. The summed E-state index contributed by atoms with van der Waals surface area (Å²) >= 11 is 6.22. The predicted molar refractivity (Wildman–Crippen MR) is 110 cm³/mol. The van der Waals surface area contributed by atoms with Gasteiger partial charge in [-0.2, -0.15) is 0 Å². The number of halogens is 1. The maximum Gasteiger partial charge on any atom is 0.339 e. The molecule has 0 heterocycles. The van der Waals surface area contributed by atoms with Crippen LogP contribution in [0.3, 0.4) is 0 Å². The van der Waals surface area contributed by atoms with Crippen molar-refractivity contribution in [2.45, 2.75) is 19.4 Å². The van der Waals surface area contributed by atoms with Crippen molar-refractivity contribution in [3.63, 3.8) is 0 Å². The van der Waals surface area contributed by atoms with Gasteiger partial charge in [0.2, 0.25) is 0 Å². The predicted octanol–water partition coefficient (Wildman–Crippen LogP) is 5.41. The monoisotopic (exact) mass is 396 g/mol. The summed E-state index contributed by atoms with van der Waals surface area (Å²) in [6.45, 7) is 0.260. The third-order valence-electron chi connectivity index (χ3n) is 4.43. The Hall–Kier alpha value is -2.98. The Kier molecular flexibility index (Phi) is 6.56. The van der Waals surface area contributed by atoms with Crippen LogP contribution in [0.5, 0.6) is 11.5 Å². The van der Waals surface area contributed by atoms with Crippen molar-refractivity contribution >= 4 is 17.6 Å². The standard InChI is InChI=1S/C23H21ClO4/c1-27-21-14-17(11-12-18-9-5-6-10-20(18)24)13-19(23(25)26)22(21)28-15-16-7-3-2-4-8-16/h2-10,13-14H,11-12,15H2,1H3,(H,25,26). The van der Waals surface area contributed by atoms with E-state index in [2.05, 4.69) is 0 Å². The molecule has 0 aliphatic carbocycles. The molecule has 3 aromatic carbocycles. The van der Waals surface area contributed by atoms with E-state index < -0.39 is 5.97 Å². The average Bonchev–Trinajstić information content (AvgIpc) is 2.72. The summed E-state index contributed by atoms with van der Waals surface area (Å²) in [7, 11) is 1.51. The van der Waals surface area contributed by atoms with Crippen LogP contribution in [-0.2, 0) is 19.4 Å². The lowest BCUT2D eigenvalue weighted by atomic mass is 10.0. The maximum atomic E-state index is 11.8. The highest BCUT2D eigenvalue weighted by molar-refractivity contribution is 6.31. The van der Waals surface area contributed by atoms with Gasteiger partial charge in [0.05, 0.1) is 7.11 Å². The SMILES string of the molecule is COc1cc(CCc2ccccc2Cl)cc(C(=O)O)c1OCc1ccccc1. The van der Waals surface area contributed by atoms with Gasteiger partial charge < -0.3 is 14.6 Å². The molecule has 0 aliphatic rings. The van der Waals surface area contributed by atoms with Crippen LogP contribution >= 0.6 is 11.6 Å². The molecule has 3 rings (SSSR count). The van der Waals surface area contributed by atoms with Gasteiger partial charge in [0.1, 0.15) is 12.2 Å². The number of ether oxygens (including phenoxy) is 2. The Morgan fingerprint density at radius 1 is 0.964 bits per heavy atom. The number of methoxy groups -OCH3 is 1. The van der Waals surface area contributed by atoms with Crippen molar-refractivity contribution < 1.29 is 19.4 Å². The summed E-state index contributed by atoms with van der Waals surface area (Å²) in [5.41, 5.74) is 2.90. The molecule has 0 unspecified atom stereocenters. The molecule has 4 nitrogen and oxygen atoms in total. The second-order valence-electron chi connectivity index (χ2n) is 6.35.